The summed E-state index contributed by atoms with van der Waals surface area (Å²) in [7, 11) is 0. The maximum absolute atomic E-state index is 5.91. The molecule has 1 heterocycles. The van der Waals surface area contributed by atoms with E-state index in [-0.39, 0.29) is 12.4 Å². The lowest BCUT2D eigenvalue weighted by atomic mass is 10.1. The number of unbranched alkanes of at least 4 members (excludes halogenated alkanes) is 1. The average Bonchev–Trinajstić information content (AvgIpc) is 2.35. The van der Waals surface area contributed by atoms with Gasteiger partial charge in [-0.2, -0.15) is 0 Å². The van der Waals surface area contributed by atoms with Gasteiger partial charge in [0, 0.05) is 19.1 Å². The predicted molar refractivity (Wildman–Crippen MR) is 69.0 cm³/mol. The van der Waals surface area contributed by atoms with E-state index in [1.165, 1.54) is 19.3 Å². The third-order valence-corrected chi connectivity index (χ3v) is 3.33. The van der Waals surface area contributed by atoms with Crippen molar-refractivity contribution in [2.75, 3.05) is 19.8 Å². The van der Waals surface area contributed by atoms with Gasteiger partial charge in [0.25, 0.3) is 0 Å². The van der Waals surface area contributed by atoms with Gasteiger partial charge in [0.05, 0.1) is 12.7 Å². The third kappa shape index (κ3) is 6.39. The van der Waals surface area contributed by atoms with E-state index in [0.29, 0.717) is 5.92 Å². The lowest BCUT2D eigenvalue weighted by molar-refractivity contribution is -0.196. The zero-order chi connectivity index (χ0) is 12.5. The van der Waals surface area contributed by atoms with Crippen LogP contribution in [0.5, 0.6) is 0 Å². The minimum atomic E-state index is 0.0110. The molecule has 17 heavy (non-hydrogen) atoms. The van der Waals surface area contributed by atoms with Crippen LogP contribution in [-0.2, 0) is 14.2 Å². The van der Waals surface area contributed by atoms with Crippen LogP contribution in [-0.4, -0.2) is 32.2 Å². The van der Waals surface area contributed by atoms with Crippen LogP contribution >= 0.6 is 0 Å². The van der Waals surface area contributed by atoms with Crippen molar-refractivity contribution in [2.24, 2.45) is 5.92 Å². The van der Waals surface area contributed by atoms with Crippen LogP contribution in [0, 0.1) is 5.92 Å². The molecule has 102 valence electrons. The van der Waals surface area contributed by atoms with Crippen molar-refractivity contribution in [1.29, 1.82) is 0 Å². The van der Waals surface area contributed by atoms with E-state index in [2.05, 4.69) is 20.8 Å². The fourth-order valence-electron chi connectivity index (χ4n) is 1.84. The molecule has 0 saturated carbocycles. The summed E-state index contributed by atoms with van der Waals surface area (Å²) in [6, 6.07) is 0. The Morgan fingerprint density at radius 1 is 1.29 bits per heavy atom. The first kappa shape index (κ1) is 14.9. The molecule has 1 aliphatic rings. The molecule has 0 amide bonds. The molecule has 3 heteroatoms. The predicted octanol–water partition coefficient (Wildman–Crippen LogP) is 3.37. The Labute approximate surface area is 106 Å². The maximum atomic E-state index is 5.91. The largest absolute Gasteiger partial charge is 0.381 e. The Bertz CT molecular complexity index is 178. The minimum Gasteiger partial charge on any atom is -0.381 e. The van der Waals surface area contributed by atoms with E-state index in [1.807, 2.05) is 0 Å². The van der Waals surface area contributed by atoms with Gasteiger partial charge in [-0.15, -0.1) is 0 Å². The highest BCUT2D eigenvalue weighted by molar-refractivity contribution is 4.63. The van der Waals surface area contributed by atoms with Crippen LogP contribution < -0.4 is 0 Å². The Hall–Kier alpha value is -0.120. The van der Waals surface area contributed by atoms with Gasteiger partial charge >= 0.3 is 0 Å². The first-order valence-corrected chi connectivity index (χ1v) is 7.08. The van der Waals surface area contributed by atoms with Crippen molar-refractivity contribution in [3.8, 4) is 0 Å². The maximum Gasteiger partial charge on any atom is 0.157 e. The molecule has 1 unspecified atom stereocenters. The number of hydrogen-bond donors (Lipinski definition) is 0. The van der Waals surface area contributed by atoms with Crippen molar-refractivity contribution < 1.29 is 14.2 Å². The van der Waals surface area contributed by atoms with E-state index in [4.69, 9.17) is 14.2 Å². The SMILES string of the molecule is CCCCOC[C@H](C)[C@H](C)OC1CCCCO1. The molecule has 1 aliphatic heterocycles. The first-order chi connectivity index (χ1) is 8.24. The van der Waals surface area contributed by atoms with Gasteiger partial charge in [-0.05, 0) is 32.6 Å². The number of hydrogen-bond acceptors (Lipinski definition) is 3. The molecule has 1 rings (SSSR count). The average molecular weight is 244 g/mol. The quantitative estimate of drug-likeness (QED) is 0.613. The van der Waals surface area contributed by atoms with E-state index < -0.39 is 0 Å². The smallest absolute Gasteiger partial charge is 0.157 e. The van der Waals surface area contributed by atoms with Crippen LogP contribution in [0.2, 0.25) is 0 Å². The lowest BCUT2D eigenvalue weighted by Gasteiger charge is -2.28. The van der Waals surface area contributed by atoms with Crippen LogP contribution in [0.4, 0.5) is 0 Å². The molecule has 0 aliphatic carbocycles. The first-order valence-electron chi connectivity index (χ1n) is 7.08. The minimum absolute atomic E-state index is 0.0110. The lowest BCUT2D eigenvalue weighted by Crippen LogP contribution is -2.31. The molecule has 1 fully saturated rings. The summed E-state index contributed by atoms with van der Waals surface area (Å²) in [4.78, 5) is 0. The number of ether oxygens (including phenoxy) is 3. The summed E-state index contributed by atoms with van der Waals surface area (Å²) in [5.74, 6) is 0.428. The fraction of sp³-hybridized carbons (Fsp3) is 1.00. The molecule has 3 nitrogen and oxygen atoms in total. The van der Waals surface area contributed by atoms with Crippen molar-refractivity contribution in [3.63, 3.8) is 0 Å². The van der Waals surface area contributed by atoms with E-state index in [1.54, 1.807) is 0 Å². The molecule has 0 N–H and O–H groups in total. The molecular weight excluding hydrogens is 216 g/mol. The highest BCUT2D eigenvalue weighted by Crippen LogP contribution is 2.18. The summed E-state index contributed by atoms with van der Waals surface area (Å²) < 4.78 is 17.1. The van der Waals surface area contributed by atoms with Gasteiger partial charge < -0.3 is 14.2 Å². The summed E-state index contributed by atoms with van der Waals surface area (Å²) in [5.41, 5.74) is 0. The van der Waals surface area contributed by atoms with Gasteiger partial charge in [-0.1, -0.05) is 20.3 Å². The Balaban J connectivity index is 2.10. The van der Waals surface area contributed by atoms with Crippen molar-refractivity contribution in [1.82, 2.24) is 0 Å². The summed E-state index contributed by atoms with van der Waals surface area (Å²) >= 11 is 0. The molecule has 3 atom stereocenters. The molecule has 0 aromatic rings. The Morgan fingerprint density at radius 2 is 2.12 bits per heavy atom. The molecule has 0 aromatic heterocycles. The van der Waals surface area contributed by atoms with E-state index in [0.717, 1.165) is 32.7 Å². The number of rotatable bonds is 8. The molecule has 0 aromatic carbocycles. The van der Waals surface area contributed by atoms with Crippen molar-refractivity contribution in [3.05, 3.63) is 0 Å². The highest BCUT2D eigenvalue weighted by Gasteiger charge is 2.20. The second-order valence-electron chi connectivity index (χ2n) is 5.04. The van der Waals surface area contributed by atoms with E-state index in [9.17, 15) is 0 Å². The van der Waals surface area contributed by atoms with Crippen molar-refractivity contribution in [2.45, 2.75) is 65.3 Å². The van der Waals surface area contributed by atoms with Crippen molar-refractivity contribution >= 4 is 0 Å². The van der Waals surface area contributed by atoms with Crippen LogP contribution in [0.3, 0.4) is 0 Å². The molecule has 1 saturated heterocycles. The van der Waals surface area contributed by atoms with Gasteiger partial charge in [-0.3, -0.25) is 0 Å². The van der Waals surface area contributed by atoms with Crippen LogP contribution in [0.15, 0.2) is 0 Å². The van der Waals surface area contributed by atoms with Crippen LogP contribution in [0.25, 0.3) is 0 Å². The highest BCUT2D eigenvalue weighted by atomic mass is 16.7. The zero-order valence-electron chi connectivity index (χ0n) is 11.6. The second-order valence-corrected chi connectivity index (χ2v) is 5.04. The topological polar surface area (TPSA) is 27.7 Å². The third-order valence-electron chi connectivity index (χ3n) is 3.33. The van der Waals surface area contributed by atoms with Gasteiger partial charge in [0.15, 0.2) is 6.29 Å². The molecule has 0 bridgehead atoms. The monoisotopic (exact) mass is 244 g/mol. The second kappa shape index (κ2) is 8.90. The molecular formula is C14H28O3. The molecule has 0 spiro atoms. The normalized spacial score (nSPS) is 24.5. The Kier molecular flexibility index (Phi) is 7.82. The van der Waals surface area contributed by atoms with Gasteiger partial charge in [0.2, 0.25) is 0 Å². The zero-order valence-corrected chi connectivity index (χ0v) is 11.6. The molecule has 0 radical (unpaired) electrons. The van der Waals surface area contributed by atoms with Gasteiger partial charge in [-0.25, -0.2) is 0 Å². The summed E-state index contributed by atoms with van der Waals surface area (Å²) in [6.45, 7) is 8.98. The Morgan fingerprint density at radius 3 is 2.76 bits per heavy atom. The standard InChI is InChI=1S/C14H28O3/c1-4-5-9-15-11-12(2)13(3)17-14-8-6-7-10-16-14/h12-14H,4-11H2,1-3H3/t12-,13-,14?/m0/s1. The van der Waals surface area contributed by atoms with E-state index >= 15 is 0 Å². The fourth-order valence-corrected chi connectivity index (χ4v) is 1.84. The van der Waals surface area contributed by atoms with Gasteiger partial charge in [0.1, 0.15) is 0 Å². The summed E-state index contributed by atoms with van der Waals surface area (Å²) in [6.07, 6.45) is 5.98. The van der Waals surface area contributed by atoms with Crippen LogP contribution in [0.1, 0.15) is 52.9 Å². The summed E-state index contributed by atoms with van der Waals surface area (Å²) in [5, 5.41) is 0.